The molecule has 0 bridgehead atoms. The molecule has 186 valence electrons. The first-order valence-electron chi connectivity index (χ1n) is 11.8. The molecule has 2 aromatic rings. The zero-order valence-corrected chi connectivity index (χ0v) is 21.1. The van der Waals surface area contributed by atoms with E-state index in [2.05, 4.69) is 36.5 Å². The molecule has 2 aromatic carbocycles. The monoisotopic (exact) mass is 471 g/mol. The van der Waals surface area contributed by atoms with Crippen molar-refractivity contribution in [1.29, 1.82) is 0 Å². The lowest BCUT2D eigenvalue weighted by Crippen LogP contribution is -2.41. The number of ether oxygens (including phenoxy) is 3. The average molecular weight is 472 g/mol. The number of rotatable bonds is 12. The predicted molar refractivity (Wildman–Crippen MR) is 133 cm³/mol. The number of nitrogens with one attached hydrogen (secondary N) is 2. The average Bonchev–Trinajstić information content (AvgIpc) is 2.83. The van der Waals surface area contributed by atoms with E-state index >= 15 is 0 Å². The lowest BCUT2D eigenvalue weighted by Gasteiger charge is -2.24. The van der Waals surface area contributed by atoms with Gasteiger partial charge in [-0.25, -0.2) is 0 Å². The van der Waals surface area contributed by atoms with Gasteiger partial charge in [0, 0.05) is 23.7 Å². The van der Waals surface area contributed by atoms with Crippen molar-refractivity contribution in [2.45, 2.75) is 54.1 Å². The lowest BCUT2D eigenvalue weighted by molar-refractivity contribution is 0.0846. The van der Waals surface area contributed by atoms with Crippen molar-refractivity contribution in [3.8, 4) is 17.2 Å². The molecule has 0 aliphatic rings. The van der Waals surface area contributed by atoms with Crippen molar-refractivity contribution in [3.63, 3.8) is 0 Å². The van der Waals surface area contributed by atoms with E-state index in [1.807, 2.05) is 32.9 Å². The minimum absolute atomic E-state index is 0.277. The van der Waals surface area contributed by atoms with E-state index in [-0.39, 0.29) is 5.56 Å². The van der Waals surface area contributed by atoms with Gasteiger partial charge in [0.1, 0.15) is 0 Å². The zero-order valence-electron chi connectivity index (χ0n) is 21.1. The maximum absolute atomic E-state index is 12.8. The van der Waals surface area contributed by atoms with E-state index in [0.29, 0.717) is 48.7 Å². The number of hydrogen-bond acceptors (Lipinski definition) is 6. The largest absolute Gasteiger partial charge is 0.490 e. The molecule has 0 heterocycles. The Kier molecular flexibility index (Phi) is 10.7. The van der Waals surface area contributed by atoms with Crippen molar-refractivity contribution < 1.29 is 23.8 Å². The van der Waals surface area contributed by atoms with Gasteiger partial charge in [0.05, 0.1) is 19.8 Å². The molecule has 0 aliphatic heterocycles. The summed E-state index contributed by atoms with van der Waals surface area (Å²) in [5.41, 5.74) is 6.78. The van der Waals surface area contributed by atoms with Gasteiger partial charge in [-0.1, -0.05) is 19.1 Å². The fourth-order valence-electron chi connectivity index (χ4n) is 3.43. The van der Waals surface area contributed by atoms with Crippen LogP contribution in [0.1, 0.15) is 67.8 Å². The maximum Gasteiger partial charge on any atom is 0.269 e. The van der Waals surface area contributed by atoms with Gasteiger partial charge in [-0.15, -0.1) is 0 Å². The number of nitrogens with zero attached hydrogens (tertiary/aromatic N) is 1. The van der Waals surface area contributed by atoms with Crippen molar-refractivity contribution in [3.05, 3.63) is 53.1 Å². The van der Waals surface area contributed by atoms with Crippen LogP contribution in [-0.4, -0.2) is 49.1 Å². The smallest absolute Gasteiger partial charge is 0.269 e. The summed E-state index contributed by atoms with van der Waals surface area (Å²) in [7, 11) is 0. The lowest BCUT2D eigenvalue weighted by atomic mass is 10.1. The standard InChI is InChI=1S/C26H37N3O5/c1-7-29(18(5)6)17-19-11-13-20(14-12-19)25(30)27-28-26(31)21-15-22(32-8-2)24(34-10-4)23(16-21)33-9-3/h11-16,18H,7-10,17H2,1-6H3,(H,27,30)(H,28,31). The van der Waals surface area contributed by atoms with Gasteiger partial charge in [-0.2, -0.15) is 0 Å². The molecule has 0 saturated carbocycles. The third kappa shape index (κ3) is 7.38. The van der Waals surface area contributed by atoms with Crippen LogP contribution in [-0.2, 0) is 6.54 Å². The van der Waals surface area contributed by atoms with Gasteiger partial charge in [-0.05, 0) is 71.0 Å². The molecule has 0 aliphatic carbocycles. The minimum Gasteiger partial charge on any atom is -0.490 e. The molecule has 0 fully saturated rings. The molecule has 8 nitrogen and oxygen atoms in total. The first kappa shape index (κ1) is 27.0. The Hall–Kier alpha value is -3.26. The normalized spacial score (nSPS) is 10.8. The van der Waals surface area contributed by atoms with Gasteiger partial charge in [0.2, 0.25) is 5.75 Å². The highest BCUT2D eigenvalue weighted by atomic mass is 16.5. The van der Waals surface area contributed by atoms with E-state index in [1.165, 1.54) is 0 Å². The van der Waals surface area contributed by atoms with Crippen LogP contribution in [0.15, 0.2) is 36.4 Å². The highest BCUT2D eigenvalue weighted by Crippen LogP contribution is 2.39. The van der Waals surface area contributed by atoms with Crippen molar-refractivity contribution in [2.24, 2.45) is 0 Å². The molecule has 2 amide bonds. The quantitative estimate of drug-likeness (QED) is 0.451. The summed E-state index contributed by atoms with van der Waals surface area (Å²) < 4.78 is 17.0. The summed E-state index contributed by atoms with van der Waals surface area (Å²) in [6.07, 6.45) is 0. The predicted octanol–water partition coefficient (Wildman–Crippen LogP) is 4.19. The molecule has 8 heteroatoms. The molecule has 0 atom stereocenters. The fraction of sp³-hybridized carbons (Fsp3) is 0.462. The van der Waals surface area contributed by atoms with Gasteiger partial charge in [0.15, 0.2) is 11.5 Å². The van der Waals surface area contributed by atoms with E-state index in [0.717, 1.165) is 18.7 Å². The maximum atomic E-state index is 12.8. The second-order valence-electron chi connectivity index (χ2n) is 7.86. The number of benzene rings is 2. The number of carbonyl (C=O) groups is 2. The number of carbonyl (C=O) groups excluding carboxylic acids is 2. The summed E-state index contributed by atoms with van der Waals surface area (Å²) in [5, 5.41) is 0. The Labute approximate surface area is 202 Å². The Morgan fingerprint density at radius 1 is 0.794 bits per heavy atom. The SMILES string of the molecule is CCOc1cc(C(=O)NNC(=O)c2ccc(CN(CC)C(C)C)cc2)cc(OCC)c1OCC. The highest BCUT2D eigenvalue weighted by Gasteiger charge is 2.19. The van der Waals surface area contributed by atoms with E-state index in [9.17, 15) is 9.59 Å². The third-order valence-electron chi connectivity index (χ3n) is 5.20. The first-order chi connectivity index (χ1) is 16.3. The van der Waals surface area contributed by atoms with E-state index in [4.69, 9.17) is 14.2 Å². The second kappa shape index (κ2) is 13.4. The molecule has 0 saturated heterocycles. The van der Waals surface area contributed by atoms with Gasteiger partial charge >= 0.3 is 0 Å². The van der Waals surface area contributed by atoms with Crippen LogP contribution in [0.5, 0.6) is 17.2 Å². The molecule has 0 aromatic heterocycles. The number of hydrazine groups is 1. The highest BCUT2D eigenvalue weighted by molar-refractivity contribution is 5.99. The van der Waals surface area contributed by atoms with Crippen LogP contribution in [0.4, 0.5) is 0 Å². The molecule has 0 radical (unpaired) electrons. The Morgan fingerprint density at radius 3 is 1.74 bits per heavy atom. The Morgan fingerprint density at radius 2 is 1.29 bits per heavy atom. The molecule has 0 spiro atoms. The molecule has 2 rings (SSSR count). The zero-order chi connectivity index (χ0) is 25.1. The summed E-state index contributed by atoms with van der Waals surface area (Å²) in [4.78, 5) is 27.6. The van der Waals surface area contributed by atoms with Crippen LogP contribution < -0.4 is 25.1 Å². The summed E-state index contributed by atoms with van der Waals surface area (Å²) in [5.74, 6) is 0.364. The second-order valence-corrected chi connectivity index (χ2v) is 7.86. The number of hydrogen-bond donors (Lipinski definition) is 2. The van der Waals surface area contributed by atoms with Crippen LogP contribution in [0.25, 0.3) is 0 Å². The molecule has 34 heavy (non-hydrogen) atoms. The fourth-order valence-corrected chi connectivity index (χ4v) is 3.43. The van der Waals surface area contributed by atoms with Crippen LogP contribution in [0.2, 0.25) is 0 Å². The van der Waals surface area contributed by atoms with Crippen LogP contribution in [0, 0.1) is 0 Å². The van der Waals surface area contributed by atoms with Gasteiger partial charge in [0.25, 0.3) is 11.8 Å². The topological polar surface area (TPSA) is 89.1 Å². The first-order valence-corrected chi connectivity index (χ1v) is 11.8. The summed E-state index contributed by atoms with van der Waals surface area (Å²) in [6, 6.07) is 10.9. The Bertz CT molecular complexity index is 917. The van der Waals surface area contributed by atoms with Gasteiger partial charge in [-0.3, -0.25) is 25.3 Å². The molecular weight excluding hydrogens is 434 g/mol. The third-order valence-corrected chi connectivity index (χ3v) is 5.20. The molecule has 2 N–H and O–H groups in total. The number of amides is 2. The Balaban J connectivity index is 2.09. The van der Waals surface area contributed by atoms with E-state index < -0.39 is 11.8 Å². The van der Waals surface area contributed by atoms with Crippen LogP contribution in [0.3, 0.4) is 0 Å². The van der Waals surface area contributed by atoms with E-state index in [1.54, 1.807) is 24.3 Å². The van der Waals surface area contributed by atoms with Crippen molar-refractivity contribution in [2.75, 3.05) is 26.4 Å². The van der Waals surface area contributed by atoms with Crippen LogP contribution >= 0.6 is 0 Å². The summed E-state index contributed by atoms with van der Waals surface area (Å²) >= 11 is 0. The molecule has 0 unspecified atom stereocenters. The van der Waals surface area contributed by atoms with Crippen molar-refractivity contribution in [1.82, 2.24) is 15.8 Å². The molecular formula is C26H37N3O5. The van der Waals surface area contributed by atoms with Gasteiger partial charge < -0.3 is 14.2 Å². The minimum atomic E-state index is -0.495. The van der Waals surface area contributed by atoms with Crippen molar-refractivity contribution >= 4 is 11.8 Å². The summed E-state index contributed by atoms with van der Waals surface area (Å²) in [6.45, 7) is 15.0.